The van der Waals surface area contributed by atoms with Crippen molar-refractivity contribution in [3.8, 4) is 12.3 Å². The zero-order valence-corrected chi connectivity index (χ0v) is 14.7. The number of nitrogens with one attached hydrogen (secondary N) is 3. The van der Waals surface area contributed by atoms with Crippen molar-refractivity contribution in [2.24, 2.45) is 21.7 Å². The second-order valence-electron chi connectivity index (χ2n) is 5.71. The summed E-state index contributed by atoms with van der Waals surface area (Å²) in [5.41, 5.74) is 10.9. The summed E-state index contributed by atoms with van der Waals surface area (Å²) in [5, 5.41) is 16.4. The third-order valence-corrected chi connectivity index (χ3v) is 3.89. The molecule has 2 aliphatic rings. The van der Waals surface area contributed by atoms with E-state index in [4.69, 9.17) is 18.0 Å². The molecular weight excluding hydrogens is 383 g/mol. The van der Waals surface area contributed by atoms with Gasteiger partial charge in [0.2, 0.25) is 0 Å². The zero-order chi connectivity index (χ0) is 21.1. The number of amides is 1. The molecule has 0 aliphatic carbocycles. The lowest BCUT2D eigenvalue weighted by Gasteiger charge is -2.21. The molecule has 0 aromatic heterocycles. The lowest BCUT2D eigenvalue weighted by molar-refractivity contribution is -0.110. The number of anilines is 1. The molecule has 0 saturated heterocycles. The minimum atomic E-state index is -1.44. The summed E-state index contributed by atoms with van der Waals surface area (Å²) >= 11 is 0. The van der Waals surface area contributed by atoms with Crippen molar-refractivity contribution in [2.45, 2.75) is 0 Å². The average Bonchev–Trinajstić information content (AvgIpc) is 3.23. The third kappa shape index (κ3) is 3.90. The number of hydrazone groups is 1. The monoisotopic (exact) mass is 398 g/mol. The van der Waals surface area contributed by atoms with Crippen LogP contribution < -0.4 is 27.7 Å². The minimum Gasteiger partial charge on any atom is -0.478 e. The van der Waals surface area contributed by atoms with Crippen LogP contribution in [0.15, 0.2) is 45.8 Å². The van der Waals surface area contributed by atoms with Crippen LogP contribution in [-0.4, -0.2) is 40.3 Å². The van der Waals surface area contributed by atoms with E-state index in [2.05, 4.69) is 32.2 Å². The fourth-order valence-corrected chi connectivity index (χ4v) is 2.48. The topological polar surface area (TPSA) is 170 Å². The maximum Gasteiger partial charge on any atom is 0.337 e. The molecule has 2 heterocycles. The standard InChI is InChI=1S/C17H15FN8O3/c1-2-8-5-12(9(17(28)29)6-10(8)18)23-16(27)11-3-4-13(26(20)25-11)14(19)15-21-7-22-24-15/h1,3-6,22H,7,19-20H2,(H,21,24)(H,23,27)(H,28,29)/b14-13-. The van der Waals surface area contributed by atoms with E-state index in [0.29, 0.717) is 12.5 Å². The second kappa shape index (κ2) is 7.80. The largest absolute Gasteiger partial charge is 0.478 e. The number of hydrazine groups is 2. The van der Waals surface area contributed by atoms with Gasteiger partial charge in [-0.1, -0.05) is 5.92 Å². The number of rotatable bonds is 4. The maximum atomic E-state index is 13.8. The number of benzene rings is 1. The number of carboxylic acid groups (broad SMARTS) is 1. The van der Waals surface area contributed by atoms with E-state index in [1.54, 1.807) is 0 Å². The predicted molar refractivity (Wildman–Crippen MR) is 102 cm³/mol. The molecule has 0 saturated carbocycles. The van der Waals surface area contributed by atoms with Gasteiger partial charge in [0.1, 0.15) is 23.9 Å². The van der Waals surface area contributed by atoms with Crippen molar-refractivity contribution in [3.63, 3.8) is 0 Å². The first kappa shape index (κ1) is 19.5. The highest BCUT2D eigenvalue weighted by Gasteiger charge is 2.22. The van der Waals surface area contributed by atoms with Gasteiger partial charge < -0.3 is 21.6 Å². The molecule has 0 atom stereocenters. The first-order chi connectivity index (χ1) is 13.8. The fraction of sp³-hybridized carbons (Fsp3) is 0.0588. The first-order valence-electron chi connectivity index (χ1n) is 8.01. The van der Waals surface area contributed by atoms with Crippen molar-refractivity contribution in [3.05, 3.63) is 52.6 Å². The van der Waals surface area contributed by atoms with Crippen molar-refractivity contribution >= 4 is 29.1 Å². The number of carboxylic acids is 1. The summed E-state index contributed by atoms with van der Waals surface area (Å²) in [6.45, 7) is 0.331. The van der Waals surface area contributed by atoms with Gasteiger partial charge in [0, 0.05) is 0 Å². The van der Waals surface area contributed by atoms with Crippen LogP contribution in [0.2, 0.25) is 0 Å². The molecule has 0 radical (unpaired) electrons. The number of amidine groups is 1. The molecule has 2 aliphatic heterocycles. The van der Waals surface area contributed by atoms with E-state index < -0.39 is 23.3 Å². The highest BCUT2D eigenvalue weighted by atomic mass is 19.1. The number of allylic oxidation sites excluding steroid dienone is 1. The number of carbonyl (C=O) groups is 2. The Morgan fingerprint density at radius 2 is 2.14 bits per heavy atom. The smallest absolute Gasteiger partial charge is 0.337 e. The van der Waals surface area contributed by atoms with Gasteiger partial charge in [-0.25, -0.2) is 25.4 Å². The minimum absolute atomic E-state index is 0.147. The number of aliphatic imine (C=N–C) groups is 1. The quantitative estimate of drug-likeness (QED) is 0.282. The third-order valence-electron chi connectivity index (χ3n) is 3.89. The molecule has 3 rings (SSSR count). The second-order valence-corrected chi connectivity index (χ2v) is 5.71. The zero-order valence-electron chi connectivity index (χ0n) is 14.7. The van der Waals surface area contributed by atoms with Gasteiger partial charge in [-0.2, -0.15) is 10.2 Å². The fourth-order valence-electron chi connectivity index (χ4n) is 2.48. The Bertz CT molecular complexity index is 1070. The Morgan fingerprint density at radius 1 is 1.38 bits per heavy atom. The van der Waals surface area contributed by atoms with Crippen LogP contribution in [0.4, 0.5) is 10.1 Å². The summed E-state index contributed by atoms with van der Waals surface area (Å²) in [6, 6.07) is 1.77. The molecule has 0 unspecified atom stereocenters. The number of halogens is 1. The van der Waals surface area contributed by atoms with Crippen LogP contribution in [0.1, 0.15) is 15.9 Å². The molecule has 8 N–H and O–H groups in total. The van der Waals surface area contributed by atoms with Gasteiger partial charge in [0.05, 0.1) is 16.8 Å². The van der Waals surface area contributed by atoms with Gasteiger partial charge in [0.15, 0.2) is 11.5 Å². The molecule has 1 amide bonds. The SMILES string of the molecule is C#Cc1cc(NC(=O)C2=NN(N)/C(=C(\N)C3=NCNN3)C=C2)c(C(=O)O)cc1F. The molecule has 0 fully saturated rings. The van der Waals surface area contributed by atoms with E-state index in [0.717, 1.165) is 17.3 Å². The molecule has 29 heavy (non-hydrogen) atoms. The first-order valence-corrected chi connectivity index (χ1v) is 8.01. The molecule has 12 heteroatoms. The number of hydrogen-bond donors (Lipinski definition) is 6. The van der Waals surface area contributed by atoms with Gasteiger partial charge in [0.25, 0.3) is 5.91 Å². The van der Waals surface area contributed by atoms with Crippen LogP contribution in [0.25, 0.3) is 0 Å². The number of terminal acetylenes is 1. The van der Waals surface area contributed by atoms with Crippen LogP contribution in [0.5, 0.6) is 0 Å². The maximum absolute atomic E-state index is 13.8. The van der Waals surface area contributed by atoms with E-state index in [9.17, 15) is 19.1 Å². The van der Waals surface area contributed by atoms with Crippen LogP contribution in [0.3, 0.4) is 0 Å². The highest BCUT2D eigenvalue weighted by Crippen LogP contribution is 2.21. The molecule has 11 nitrogen and oxygen atoms in total. The van der Waals surface area contributed by atoms with Gasteiger partial charge in [-0.15, -0.1) is 6.42 Å². The summed E-state index contributed by atoms with van der Waals surface area (Å²) < 4.78 is 13.8. The average molecular weight is 398 g/mol. The number of nitrogens with two attached hydrogens (primary N) is 2. The Hall–Kier alpha value is -4.21. The normalized spacial score (nSPS) is 17.1. The van der Waals surface area contributed by atoms with Crippen LogP contribution in [0, 0.1) is 18.2 Å². The lowest BCUT2D eigenvalue weighted by Crippen LogP contribution is -2.38. The van der Waals surface area contributed by atoms with Gasteiger partial charge in [-0.3, -0.25) is 4.79 Å². The predicted octanol–water partition coefficient (Wildman–Crippen LogP) is -0.821. The molecule has 0 spiro atoms. The summed E-state index contributed by atoms with van der Waals surface area (Å²) in [4.78, 5) is 27.9. The molecular formula is C17H15FN8O3. The Morgan fingerprint density at radius 3 is 2.72 bits per heavy atom. The van der Waals surface area contributed by atoms with E-state index >= 15 is 0 Å². The highest BCUT2D eigenvalue weighted by molar-refractivity contribution is 6.47. The van der Waals surface area contributed by atoms with Crippen LogP contribution in [-0.2, 0) is 4.79 Å². The number of hydrogen-bond acceptors (Lipinski definition) is 9. The van der Waals surface area contributed by atoms with Crippen LogP contribution >= 0.6 is 0 Å². The number of aromatic carboxylic acids is 1. The van der Waals surface area contributed by atoms with Gasteiger partial charge in [-0.05, 0) is 24.3 Å². The molecule has 1 aromatic rings. The van der Waals surface area contributed by atoms with Crippen molar-refractivity contribution in [2.75, 3.05) is 12.0 Å². The van der Waals surface area contributed by atoms with E-state index in [-0.39, 0.29) is 28.4 Å². The summed E-state index contributed by atoms with van der Waals surface area (Å²) in [6.07, 6.45) is 7.96. The molecule has 148 valence electrons. The number of nitrogens with zero attached hydrogens (tertiary/aromatic N) is 3. The van der Waals surface area contributed by atoms with E-state index in [1.165, 1.54) is 12.2 Å². The molecule has 0 bridgehead atoms. The Kier molecular flexibility index (Phi) is 5.26. The Labute approximate surface area is 163 Å². The number of carbonyl (C=O) groups excluding carboxylic acids is 1. The Balaban J connectivity index is 1.85. The van der Waals surface area contributed by atoms with Crippen molar-refractivity contribution in [1.29, 1.82) is 0 Å². The van der Waals surface area contributed by atoms with Crippen molar-refractivity contribution < 1.29 is 19.1 Å². The molecule has 1 aromatic carbocycles. The summed E-state index contributed by atoms with van der Waals surface area (Å²) in [7, 11) is 0. The lowest BCUT2D eigenvalue weighted by atomic mass is 10.1. The van der Waals surface area contributed by atoms with Gasteiger partial charge >= 0.3 is 5.97 Å². The summed E-state index contributed by atoms with van der Waals surface area (Å²) in [5.74, 6) is 5.13. The van der Waals surface area contributed by atoms with Crippen molar-refractivity contribution in [1.82, 2.24) is 16.0 Å². The van der Waals surface area contributed by atoms with E-state index in [1.807, 2.05) is 0 Å².